The molecule has 0 bridgehead atoms. The Bertz CT molecular complexity index is 91.7. The van der Waals surface area contributed by atoms with Gasteiger partial charge >= 0.3 is 0 Å². The van der Waals surface area contributed by atoms with Crippen LogP contribution in [0.2, 0.25) is 0 Å². The van der Waals surface area contributed by atoms with E-state index in [1.54, 1.807) is 0 Å². The van der Waals surface area contributed by atoms with Crippen LogP contribution in [0.25, 0.3) is 0 Å². The Kier molecular flexibility index (Phi) is 5.19. The molecule has 0 aromatic carbocycles. The van der Waals surface area contributed by atoms with Crippen molar-refractivity contribution in [2.75, 3.05) is 12.4 Å². The van der Waals surface area contributed by atoms with Gasteiger partial charge in [-0.05, 0) is 19.8 Å². The van der Waals surface area contributed by atoms with Gasteiger partial charge in [0, 0.05) is 5.75 Å². The van der Waals surface area contributed by atoms with E-state index in [9.17, 15) is 0 Å². The quantitative estimate of drug-likeness (QED) is 0.561. The molecular formula is C9H20OS. The lowest BCUT2D eigenvalue weighted by Crippen LogP contribution is -2.30. The van der Waals surface area contributed by atoms with E-state index in [4.69, 9.17) is 4.74 Å². The summed E-state index contributed by atoms with van der Waals surface area (Å²) in [6.45, 7) is 11.4. The van der Waals surface area contributed by atoms with E-state index in [0.717, 1.165) is 12.5 Å². The molecule has 0 amide bonds. The number of rotatable bonds is 0. The number of ether oxygens (including phenoxy) is 1. The first-order chi connectivity index (χ1) is 5.10. The van der Waals surface area contributed by atoms with E-state index < -0.39 is 0 Å². The van der Waals surface area contributed by atoms with Crippen LogP contribution in [0.4, 0.5) is 0 Å². The fraction of sp³-hybridized carbons (Fsp3) is 1.00. The zero-order valence-corrected chi connectivity index (χ0v) is 9.12. The van der Waals surface area contributed by atoms with Crippen LogP contribution in [0.15, 0.2) is 0 Å². The molecular weight excluding hydrogens is 156 g/mol. The minimum atomic E-state index is 0.0759. The second-order valence-corrected chi connectivity index (χ2v) is 4.73. The summed E-state index contributed by atoms with van der Waals surface area (Å²) in [6, 6.07) is 0. The molecule has 1 unspecified atom stereocenters. The Hall–Kier alpha value is 0.310. The van der Waals surface area contributed by atoms with Crippen molar-refractivity contribution in [2.45, 2.75) is 39.6 Å². The van der Waals surface area contributed by atoms with Crippen molar-refractivity contribution >= 4 is 11.8 Å². The van der Waals surface area contributed by atoms with E-state index in [0.29, 0.717) is 0 Å². The summed E-state index contributed by atoms with van der Waals surface area (Å²) in [5.74, 6) is 1.98. The van der Waals surface area contributed by atoms with Crippen LogP contribution in [0.5, 0.6) is 0 Å². The van der Waals surface area contributed by atoms with E-state index >= 15 is 0 Å². The molecule has 0 aromatic heterocycles. The van der Waals surface area contributed by atoms with E-state index in [1.165, 1.54) is 5.75 Å². The summed E-state index contributed by atoms with van der Waals surface area (Å²) in [5, 5.41) is 0. The maximum Gasteiger partial charge on any atom is 0.108 e. The predicted octanol–water partition coefficient (Wildman–Crippen LogP) is 3.15. The highest BCUT2D eigenvalue weighted by Gasteiger charge is 2.25. The molecule has 11 heavy (non-hydrogen) atoms. The molecule has 0 spiro atoms. The molecule has 0 radical (unpaired) electrons. The molecule has 1 nitrogen and oxygen atoms in total. The van der Waals surface area contributed by atoms with Gasteiger partial charge in [0.25, 0.3) is 0 Å². The minimum absolute atomic E-state index is 0.0759. The summed E-state index contributed by atoms with van der Waals surface area (Å²) < 4.78 is 5.54. The van der Waals surface area contributed by atoms with Crippen LogP contribution in [-0.2, 0) is 4.74 Å². The van der Waals surface area contributed by atoms with Crippen LogP contribution in [0, 0.1) is 5.92 Å². The monoisotopic (exact) mass is 176 g/mol. The van der Waals surface area contributed by atoms with Crippen molar-refractivity contribution in [2.24, 2.45) is 5.92 Å². The first-order valence-electron chi connectivity index (χ1n) is 4.38. The normalized spacial score (nSPS) is 28.6. The van der Waals surface area contributed by atoms with Crippen molar-refractivity contribution in [3.8, 4) is 0 Å². The summed E-state index contributed by atoms with van der Waals surface area (Å²) in [6.07, 6.45) is 0. The van der Waals surface area contributed by atoms with E-state index in [1.807, 2.05) is 25.6 Å². The van der Waals surface area contributed by atoms with Crippen LogP contribution in [-0.4, -0.2) is 17.3 Å². The maximum atomic E-state index is 5.54. The highest BCUT2D eigenvalue weighted by atomic mass is 32.2. The van der Waals surface area contributed by atoms with Gasteiger partial charge in [-0.15, -0.1) is 11.8 Å². The summed E-state index contributed by atoms with van der Waals surface area (Å²) in [5.41, 5.74) is 0. The van der Waals surface area contributed by atoms with Gasteiger partial charge in [0.2, 0.25) is 0 Å². The average Bonchev–Trinajstić information content (AvgIpc) is 2.00. The van der Waals surface area contributed by atoms with Crippen molar-refractivity contribution in [1.82, 2.24) is 0 Å². The van der Waals surface area contributed by atoms with Crippen LogP contribution < -0.4 is 0 Å². The van der Waals surface area contributed by atoms with Gasteiger partial charge in [-0.3, -0.25) is 0 Å². The summed E-state index contributed by atoms with van der Waals surface area (Å²) >= 11 is 1.91. The maximum absolute atomic E-state index is 5.54. The fourth-order valence-corrected chi connectivity index (χ4v) is 1.71. The molecule has 2 heteroatoms. The van der Waals surface area contributed by atoms with Gasteiger partial charge in [0.1, 0.15) is 4.93 Å². The van der Waals surface area contributed by atoms with Crippen LogP contribution in [0.1, 0.15) is 34.6 Å². The van der Waals surface area contributed by atoms with Gasteiger partial charge < -0.3 is 4.74 Å². The van der Waals surface area contributed by atoms with E-state index in [2.05, 4.69) is 20.8 Å². The molecule has 0 N–H and O–H groups in total. The van der Waals surface area contributed by atoms with Crippen molar-refractivity contribution < 1.29 is 4.74 Å². The summed E-state index contributed by atoms with van der Waals surface area (Å²) in [7, 11) is 0. The average molecular weight is 176 g/mol. The molecule has 0 aromatic rings. The number of thioether (sulfide) groups is 1. The molecule has 1 aliphatic heterocycles. The molecule has 0 saturated carbocycles. The second kappa shape index (κ2) is 5.04. The lowest BCUT2D eigenvalue weighted by molar-refractivity contribution is 0.0261. The Morgan fingerprint density at radius 3 is 2.18 bits per heavy atom. The van der Waals surface area contributed by atoms with Crippen molar-refractivity contribution in [3.63, 3.8) is 0 Å². The third-order valence-corrected chi connectivity index (χ3v) is 2.98. The molecule has 1 fully saturated rings. The second-order valence-electron chi connectivity index (χ2n) is 3.13. The topological polar surface area (TPSA) is 9.23 Å². The Labute approximate surface area is 74.9 Å². The van der Waals surface area contributed by atoms with Gasteiger partial charge in [-0.25, -0.2) is 0 Å². The number of hydrogen-bond acceptors (Lipinski definition) is 2. The van der Waals surface area contributed by atoms with Gasteiger partial charge in [-0.1, -0.05) is 20.8 Å². The first-order valence-corrected chi connectivity index (χ1v) is 5.37. The van der Waals surface area contributed by atoms with Crippen LogP contribution in [0.3, 0.4) is 0 Å². The smallest absolute Gasteiger partial charge is 0.108 e. The fourth-order valence-electron chi connectivity index (χ4n) is 0.776. The van der Waals surface area contributed by atoms with E-state index in [-0.39, 0.29) is 4.93 Å². The standard InChI is InChI=1S/C7H14OS.C2H6/c1-6-4-8-7(2,3)9-5-6;1-2/h6H,4-5H2,1-3H3;1-2H3. The largest absolute Gasteiger partial charge is 0.365 e. The minimum Gasteiger partial charge on any atom is -0.365 e. The van der Waals surface area contributed by atoms with Crippen molar-refractivity contribution in [3.05, 3.63) is 0 Å². The lowest BCUT2D eigenvalue weighted by atomic mass is 10.2. The van der Waals surface area contributed by atoms with Crippen LogP contribution >= 0.6 is 11.8 Å². The highest BCUT2D eigenvalue weighted by Crippen LogP contribution is 2.32. The molecule has 1 saturated heterocycles. The molecule has 0 aliphatic carbocycles. The lowest BCUT2D eigenvalue weighted by Gasteiger charge is -2.32. The summed E-state index contributed by atoms with van der Waals surface area (Å²) in [4.78, 5) is 0.0759. The first kappa shape index (κ1) is 11.3. The third kappa shape index (κ3) is 4.70. The zero-order valence-electron chi connectivity index (χ0n) is 8.31. The molecule has 1 atom stereocenters. The SMILES string of the molecule is CC.CC1COC(C)(C)SC1. The third-order valence-electron chi connectivity index (χ3n) is 1.43. The van der Waals surface area contributed by atoms with Gasteiger partial charge in [-0.2, -0.15) is 0 Å². The number of hydrogen-bond donors (Lipinski definition) is 0. The van der Waals surface area contributed by atoms with Gasteiger partial charge in [0.15, 0.2) is 0 Å². The predicted molar refractivity (Wildman–Crippen MR) is 53.0 cm³/mol. The van der Waals surface area contributed by atoms with Gasteiger partial charge in [0.05, 0.1) is 6.61 Å². The Morgan fingerprint density at radius 1 is 1.36 bits per heavy atom. The zero-order chi connectivity index (χ0) is 8.91. The molecule has 1 heterocycles. The Balaban J connectivity index is 0.000000461. The van der Waals surface area contributed by atoms with Crippen molar-refractivity contribution in [1.29, 1.82) is 0 Å². The highest BCUT2D eigenvalue weighted by molar-refractivity contribution is 8.00. The molecule has 68 valence electrons. The molecule has 1 aliphatic rings. The molecule has 1 rings (SSSR count). The Morgan fingerprint density at radius 2 is 1.91 bits per heavy atom.